The molecule has 0 saturated heterocycles. The van der Waals surface area contributed by atoms with Crippen LogP contribution in [0.1, 0.15) is 37.0 Å². The van der Waals surface area contributed by atoms with Gasteiger partial charge in [0.25, 0.3) is 5.91 Å². The Kier molecular flexibility index (Phi) is 4.45. The number of carbonyl (C=O) groups excluding carboxylic acids is 1. The van der Waals surface area contributed by atoms with Gasteiger partial charge in [0.1, 0.15) is 5.82 Å². The third-order valence-corrected chi connectivity index (χ3v) is 2.97. The summed E-state index contributed by atoms with van der Waals surface area (Å²) < 4.78 is 0. The highest BCUT2D eigenvalue weighted by molar-refractivity contribution is 5.97. The average molecular weight is 236 g/mol. The fraction of sp³-hybridized carbons (Fsp3) is 0.500. The zero-order chi connectivity index (χ0) is 12.9. The van der Waals surface area contributed by atoms with E-state index < -0.39 is 5.91 Å². The molecule has 1 heterocycles. The van der Waals surface area contributed by atoms with E-state index in [1.807, 2.05) is 0 Å². The van der Waals surface area contributed by atoms with Crippen molar-refractivity contribution >= 4 is 11.7 Å². The van der Waals surface area contributed by atoms with Gasteiger partial charge in [0.05, 0.1) is 5.56 Å². The zero-order valence-corrected chi connectivity index (χ0v) is 10.4. The van der Waals surface area contributed by atoms with Gasteiger partial charge >= 0.3 is 0 Å². The number of primary amides is 1. The van der Waals surface area contributed by atoms with Crippen molar-refractivity contribution in [3.8, 4) is 0 Å². The molecule has 0 aliphatic rings. The molecule has 1 unspecified atom stereocenters. The number of pyridine rings is 1. The predicted molar refractivity (Wildman–Crippen MR) is 68.7 cm³/mol. The Morgan fingerprint density at radius 3 is 2.82 bits per heavy atom. The molecule has 5 nitrogen and oxygen atoms in total. The molecule has 0 aliphatic carbocycles. The number of nitrogens with two attached hydrogens (primary N) is 2. The summed E-state index contributed by atoms with van der Waals surface area (Å²) in [6.45, 7) is 4.70. The number of hydrogen-bond acceptors (Lipinski definition) is 4. The van der Waals surface area contributed by atoms with Gasteiger partial charge in [0.2, 0.25) is 0 Å². The van der Waals surface area contributed by atoms with Gasteiger partial charge in [0.15, 0.2) is 0 Å². The molecule has 5 heteroatoms. The second-order valence-corrected chi connectivity index (χ2v) is 4.34. The highest BCUT2D eigenvalue weighted by Gasteiger charge is 2.23. The molecule has 5 N–H and O–H groups in total. The van der Waals surface area contributed by atoms with Crippen LogP contribution in [0.5, 0.6) is 0 Å². The smallest absolute Gasteiger partial charge is 0.252 e. The van der Waals surface area contributed by atoms with Crippen LogP contribution in [0, 0.1) is 0 Å². The molecule has 1 atom stereocenters. The second-order valence-electron chi connectivity index (χ2n) is 4.34. The van der Waals surface area contributed by atoms with E-state index in [4.69, 9.17) is 11.5 Å². The van der Waals surface area contributed by atoms with Crippen molar-refractivity contribution in [1.82, 2.24) is 4.98 Å². The fourth-order valence-electron chi connectivity index (χ4n) is 1.64. The predicted octanol–water partition coefficient (Wildman–Crippen LogP) is 1.11. The minimum atomic E-state index is -0.480. The largest absolute Gasteiger partial charge is 0.365 e. The number of amides is 1. The molecule has 1 aromatic rings. The van der Waals surface area contributed by atoms with E-state index in [-0.39, 0.29) is 5.54 Å². The van der Waals surface area contributed by atoms with Crippen molar-refractivity contribution in [2.75, 3.05) is 11.9 Å². The summed E-state index contributed by atoms with van der Waals surface area (Å²) in [5.41, 5.74) is 11.1. The molecule has 0 fully saturated rings. The molecule has 17 heavy (non-hydrogen) atoms. The van der Waals surface area contributed by atoms with E-state index in [2.05, 4.69) is 24.1 Å². The SMILES string of the molecule is CCC(C)(CCN)Nc1ncccc1C(N)=O. The molecule has 1 rings (SSSR count). The number of hydrogen-bond donors (Lipinski definition) is 3. The first-order valence-electron chi connectivity index (χ1n) is 5.75. The van der Waals surface area contributed by atoms with Gasteiger partial charge < -0.3 is 16.8 Å². The first-order valence-corrected chi connectivity index (χ1v) is 5.75. The summed E-state index contributed by atoms with van der Waals surface area (Å²) in [6, 6.07) is 3.35. The van der Waals surface area contributed by atoms with E-state index >= 15 is 0 Å². The summed E-state index contributed by atoms with van der Waals surface area (Å²) in [6.07, 6.45) is 3.32. The van der Waals surface area contributed by atoms with E-state index in [1.165, 1.54) is 0 Å². The van der Waals surface area contributed by atoms with Gasteiger partial charge in [-0.25, -0.2) is 4.98 Å². The van der Waals surface area contributed by atoms with Crippen molar-refractivity contribution in [3.05, 3.63) is 23.9 Å². The van der Waals surface area contributed by atoms with Gasteiger partial charge in [0, 0.05) is 11.7 Å². The monoisotopic (exact) mass is 236 g/mol. The Morgan fingerprint density at radius 2 is 2.29 bits per heavy atom. The molecule has 0 saturated carbocycles. The third kappa shape index (κ3) is 3.42. The number of nitrogens with one attached hydrogen (secondary N) is 1. The van der Waals surface area contributed by atoms with Crippen molar-refractivity contribution in [2.45, 2.75) is 32.2 Å². The van der Waals surface area contributed by atoms with Crippen LogP contribution < -0.4 is 16.8 Å². The molecule has 0 spiro atoms. The number of rotatable bonds is 6. The average Bonchev–Trinajstić information content (AvgIpc) is 2.29. The maximum Gasteiger partial charge on any atom is 0.252 e. The van der Waals surface area contributed by atoms with E-state index in [0.29, 0.717) is 17.9 Å². The van der Waals surface area contributed by atoms with Crippen molar-refractivity contribution < 1.29 is 4.79 Å². The Bertz CT molecular complexity index is 394. The lowest BCUT2D eigenvalue weighted by atomic mass is 9.94. The van der Waals surface area contributed by atoms with Crippen molar-refractivity contribution in [2.24, 2.45) is 11.5 Å². The van der Waals surface area contributed by atoms with Crippen LogP contribution in [0.25, 0.3) is 0 Å². The molecule has 0 radical (unpaired) electrons. The van der Waals surface area contributed by atoms with Gasteiger partial charge in [-0.3, -0.25) is 4.79 Å². The first kappa shape index (κ1) is 13.4. The molecule has 0 bridgehead atoms. The lowest BCUT2D eigenvalue weighted by Gasteiger charge is -2.30. The standard InChI is InChI=1S/C12H20N4O/c1-3-12(2,6-7-13)16-11-9(10(14)17)5-4-8-15-11/h4-5,8H,3,6-7,13H2,1-2H3,(H2,14,17)(H,15,16). The molecular formula is C12H20N4O. The van der Waals surface area contributed by atoms with E-state index in [0.717, 1.165) is 12.8 Å². The van der Waals surface area contributed by atoms with Crippen LogP contribution in [0.3, 0.4) is 0 Å². The Balaban J connectivity index is 2.97. The van der Waals surface area contributed by atoms with Crippen LogP contribution in [0.4, 0.5) is 5.82 Å². The van der Waals surface area contributed by atoms with E-state index in [9.17, 15) is 4.79 Å². The number of aromatic nitrogens is 1. The molecule has 0 aliphatic heterocycles. The molecule has 1 aromatic heterocycles. The van der Waals surface area contributed by atoms with Crippen LogP contribution in [-0.2, 0) is 0 Å². The van der Waals surface area contributed by atoms with Gasteiger partial charge in [-0.05, 0) is 38.4 Å². The molecule has 94 valence electrons. The summed E-state index contributed by atoms with van der Waals surface area (Å²) in [5.74, 6) is 0.0459. The molecule has 1 amide bonds. The topological polar surface area (TPSA) is 94.0 Å². The summed E-state index contributed by atoms with van der Waals surface area (Å²) >= 11 is 0. The van der Waals surface area contributed by atoms with Crippen LogP contribution in [-0.4, -0.2) is 23.0 Å². The summed E-state index contributed by atoms with van der Waals surface area (Å²) in [4.78, 5) is 15.4. The first-order chi connectivity index (χ1) is 8.02. The summed E-state index contributed by atoms with van der Waals surface area (Å²) in [7, 11) is 0. The normalized spacial score (nSPS) is 14.1. The van der Waals surface area contributed by atoms with Crippen LogP contribution in [0.15, 0.2) is 18.3 Å². The maximum atomic E-state index is 11.3. The zero-order valence-electron chi connectivity index (χ0n) is 10.4. The number of anilines is 1. The van der Waals surface area contributed by atoms with Crippen molar-refractivity contribution in [1.29, 1.82) is 0 Å². The fourth-order valence-corrected chi connectivity index (χ4v) is 1.64. The maximum absolute atomic E-state index is 11.3. The van der Waals surface area contributed by atoms with Gasteiger partial charge in [-0.2, -0.15) is 0 Å². The van der Waals surface area contributed by atoms with Crippen LogP contribution >= 0.6 is 0 Å². The third-order valence-electron chi connectivity index (χ3n) is 2.97. The van der Waals surface area contributed by atoms with Gasteiger partial charge in [-0.15, -0.1) is 0 Å². The lowest BCUT2D eigenvalue weighted by Crippen LogP contribution is -2.37. The Morgan fingerprint density at radius 1 is 1.59 bits per heavy atom. The minimum Gasteiger partial charge on any atom is -0.365 e. The Labute approximate surface area is 102 Å². The lowest BCUT2D eigenvalue weighted by molar-refractivity contribution is 0.100. The minimum absolute atomic E-state index is 0.173. The van der Waals surface area contributed by atoms with E-state index in [1.54, 1.807) is 18.3 Å². The van der Waals surface area contributed by atoms with Crippen molar-refractivity contribution in [3.63, 3.8) is 0 Å². The number of nitrogens with zero attached hydrogens (tertiary/aromatic N) is 1. The highest BCUT2D eigenvalue weighted by Crippen LogP contribution is 2.22. The Hall–Kier alpha value is -1.62. The molecule has 0 aromatic carbocycles. The molecular weight excluding hydrogens is 216 g/mol. The quantitative estimate of drug-likeness (QED) is 0.689. The van der Waals surface area contributed by atoms with Crippen LogP contribution in [0.2, 0.25) is 0 Å². The van der Waals surface area contributed by atoms with Gasteiger partial charge in [-0.1, -0.05) is 6.92 Å². The summed E-state index contributed by atoms with van der Waals surface area (Å²) in [5, 5.41) is 3.26. The second kappa shape index (κ2) is 5.63. The highest BCUT2D eigenvalue weighted by atomic mass is 16.1. The number of carbonyl (C=O) groups is 1.